The van der Waals surface area contributed by atoms with Crippen LogP contribution in [0.4, 0.5) is 14.9 Å². The van der Waals surface area contributed by atoms with Crippen LogP contribution in [0, 0.1) is 5.82 Å². The van der Waals surface area contributed by atoms with E-state index in [1.165, 1.54) is 13.8 Å². The fourth-order valence-corrected chi connectivity index (χ4v) is 1.61. The van der Waals surface area contributed by atoms with Gasteiger partial charge < -0.3 is 15.7 Å². The molecule has 0 saturated carbocycles. The normalized spacial score (nSPS) is 11.0. The van der Waals surface area contributed by atoms with Crippen LogP contribution in [0.2, 0.25) is 10.0 Å². The van der Waals surface area contributed by atoms with E-state index in [0.29, 0.717) is 0 Å². The fraction of sp³-hybridized carbons (Fsp3) is 0.273. The number of hydrogen-bond donors (Lipinski definition) is 3. The van der Waals surface area contributed by atoms with E-state index in [0.717, 1.165) is 12.1 Å². The molecule has 0 unspecified atom stereocenters. The molecule has 0 radical (unpaired) electrons. The predicted molar refractivity (Wildman–Crippen MR) is 70.3 cm³/mol. The Morgan fingerprint density at radius 1 is 1.26 bits per heavy atom. The zero-order chi connectivity index (χ0) is 14.8. The summed E-state index contributed by atoms with van der Waals surface area (Å²) in [6, 6.07) is 1.55. The number of halogens is 3. The molecule has 0 aliphatic rings. The monoisotopic (exact) mass is 308 g/mol. The first-order valence-corrected chi connectivity index (χ1v) is 5.86. The number of carboxylic acids is 1. The third-order valence-corrected chi connectivity index (χ3v) is 2.75. The average molecular weight is 309 g/mol. The minimum atomic E-state index is -1.45. The summed E-state index contributed by atoms with van der Waals surface area (Å²) in [6.45, 7) is 2.64. The van der Waals surface area contributed by atoms with Crippen molar-refractivity contribution in [1.82, 2.24) is 5.32 Å². The number of carboxylic acid groups (broad SMARTS) is 1. The molecule has 104 valence electrons. The van der Waals surface area contributed by atoms with Gasteiger partial charge in [0.05, 0.1) is 10.0 Å². The Morgan fingerprint density at radius 2 is 1.74 bits per heavy atom. The minimum Gasteiger partial charge on any atom is -0.480 e. The number of aliphatic carboxylic acids is 1. The van der Waals surface area contributed by atoms with Crippen LogP contribution in [0.25, 0.3) is 0 Å². The maximum absolute atomic E-state index is 13.2. The molecule has 0 heterocycles. The minimum absolute atomic E-state index is 0.148. The van der Waals surface area contributed by atoms with Gasteiger partial charge in [0.2, 0.25) is 0 Å². The molecule has 0 aliphatic heterocycles. The number of anilines is 1. The summed E-state index contributed by atoms with van der Waals surface area (Å²) in [5.41, 5.74) is -1.30. The highest BCUT2D eigenvalue weighted by Crippen LogP contribution is 2.27. The lowest BCUT2D eigenvalue weighted by Gasteiger charge is -2.21. The molecule has 1 rings (SSSR count). The van der Waals surface area contributed by atoms with Crippen molar-refractivity contribution in [2.24, 2.45) is 0 Å². The maximum atomic E-state index is 13.2. The fourth-order valence-electron chi connectivity index (χ4n) is 1.13. The van der Waals surface area contributed by atoms with E-state index in [-0.39, 0.29) is 15.7 Å². The molecule has 2 amide bonds. The Bertz CT molecular complexity index is 512. The van der Waals surface area contributed by atoms with Gasteiger partial charge in [-0.1, -0.05) is 23.2 Å². The summed E-state index contributed by atoms with van der Waals surface area (Å²) < 4.78 is 13.2. The molecule has 0 aromatic heterocycles. The zero-order valence-electron chi connectivity index (χ0n) is 10.1. The first-order chi connectivity index (χ1) is 8.63. The molecule has 19 heavy (non-hydrogen) atoms. The molecule has 0 bridgehead atoms. The highest BCUT2D eigenvalue weighted by atomic mass is 35.5. The lowest BCUT2D eigenvalue weighted by atomic mass is 10.1. The van der Waals surface area contributed by atoms with Gasteiger partial charge in [0, 0.05) is 5.69 Å². The number of urea groups is 1. The Labute approximate surface area is 118 Å². The Kier molecular flexibility index (Phi) is 4.60. The van der Waals surface area contributed by atoms with Gasteiger partial charge in [-0.3, -0.25) is 0 Å². The van der Waals surface area contributed by atoms with Gasteiger partial charge in [0.15, 0.2) is 5.82 Å². The summed E-state index contributed by atoms with van der Waals surface area (Å²) in [5, 5.41) is 12.9. The van der Waals surface area contributed by atoms with Crippen molar-refractivity contribution in [1.29, 1.82) is 0 Å². The molecule has 0 atom stereocenters. The van der Waals surface area contributed by atoms with Crippen molar-refractivity contribution in [2.45, 2.75) is 19.4 Å². The zero-order valence-corrected chi connectivity index (χ0v) is 11.6. The topological polar surface area (TPSA) is 78.4 Å². The second-order valence-corrected chi connectivity index (χ2v) is 5.08. The van der Waals surface area contributed by atoms with Crippen molar-refractivity contribution in [3.05, 3.63) is 28.0 Å². The SMILES string of the molecule is CC(C)(NC(=O)Nc1cc(Cl)c(F)c(Cl)c1)C(=O)O. The lowest BCUT2D eigenvalue weighted by molar-refractivity contribution is -0.142. The molecule has 0 saturated heterocycles. The van der Waals surface area contributed by atoms with Gasteiger partial charge in [-0.25, -0.2) is 14.0 Å². The van der Waals surface area contributed by atoms with Gasteiger partial charge in [0.25, 0.3) is 0 Å². The smallest absolute Gasteiger partial charge is 0.328 e. The first-order valence-electron chi connectivity index (χ1n) is 5.10. The summed E-state index contributed by atoms with van der Waals surface area (Å²) in [6.07, 6.45) is 0. The summed E-state index contributed by atoms with van der Waals surface area (Å²) in [4.78, 5) is 22.4. The van der Waals surface area contributed by atoms with Crippen molar-refractivity contribution in [2.75, 3.05) is 5.32 Å². The molecule has 1 aromatic carbocycles. The van der Waals surface area contributed by atoms with Crippen LogP contribution < -0.4 is 10.6 Å². The Balaban J connectivity index is 2.81. The average Bonchev–Trinajstić information content (AvgIpc) is 2.24. The summed E-state index contributed by atoms with van der Waals surface area (Å²) >= 11 is 11.1. The van der Waals surface area contributed by atoms with Crippen LogP contribution in [0.3, 0.4) is 0 Å². The standard InChI is InChI=1S/C11H11Cl2FN2O3/c1-11(2,9(17)18)16-10(19)15-5-3-6(12)8(14)7(13)4-5/h3-4H,1-2H3,(H,17,18)(H2,15,16,19). The molecule has 0 spiro atoms. The second-order valence-electron chi connectivity index (χ2n) is 4.26. The van der Waals surface area contributed by atoms with E-state index in [2.05, 4.69) is 10.6 Å². The number of carbonyl (C=O) groups excluding carboxylic acids is 1. The van der Waals surface area contributed by atoms with Crippen LogP contribution in [-0.2, 0) is 4.79 Å². The van der Waals surface area contributed by atoms with E-state index in [1.807, 2.05) is 0 Å². The van der Waals surface area contributed by atoms with Gasteiger partial charge in [0.1, 0.15) is 5.54 Å². The molecular weight excluding hydrogens is 298 g/mol. The third-order valence-electron chi connectivity index (χ3n) is 2.20. The van der Waals surface area contributed by atoms with Crippen molar-refractivity contribution >= 4 is 40.9 Å². The van der Waals surface area contributed by atoms with E-state index in [9.17, 15) is 14.0 Å². The number of rotatable bonds is 3. The number of hydrogen-bond acceptors (Lipinski definition) is 2. The Hall–Kier alpha value is -1.53. The van der Waals surface area contributed by atoms with Gasteiger partial charge in [-0.2, -0.15) is 0 Å². The lowest BCUT2D eigenvalue weighted by Crippen LogP contribution is -2.51. The third kappa shape index (κ3) is 3.97. The number of amides is 2. The largest absolute Gasteiger partial charge is 0.480 e. The highest BCUT2D eigenvalue weighted by molar-refractivity contribution is 6.35. The van der Waals surface area contributed by atoms with Gasteiger partial charge >= 0.3 is 12.0 Å². The second kappa shape index (κ2) is 5.63. The van der Waals surface area contributed by atoms with Crippen LogP contribution >= 0.6 is 23.2 Å². The number of nitrogens with one attached hydrogen (secondary N) is 2. The van der Waals surface area contributed by atoms with Crippen molar-refractivity contribution in [3.63, 3.8) is 0 Å². The molecule has 0 fully saturated rings. The number of benzene rings is 1. The highest BCUT2D eigenvalue weighted by Gasteiger charge is 2.29. The first kappa shape index (κ1) is 15.5. The van der Waals surface area contributed by atoms with E-state index in [4.69, 9.17) is 28.3 Å². The van der Waals surface area contributed by atoms with E-state index >= 15 is 0 Å². The quantitative estimate of drug-likeness (QED) is 0.751. The van der Waals surface area contributed by atoms with Crippen LogP contribution in [0.1, 0.15) is 13.8 Å². The van der Waals surface area contributed by atoms with Crippen LogP contribution in [0.15, 0.2) is 12.1 Å². The molecule has 5 nitrogen and oxygen atoms in total. The molecule has 1 aromatic rings. The summed E-state index contributed by atoms with van der Waals surface area (Å²) in [7, 11) is 0. The number of carbonyl (C=O) groups is 2. The predicted octanol–water partition coefficient (Wildman–Crippen LogP) is 3.12. The van der Waals surface area contributed by atoms with Crippen LogP contribution in [-0.4, -0.2) is 22.6 Å². The maximum Gasteiger partial charge on any atom is 0.328 e. The molecule has 0 aliphatic carbocycles. The van der Waals surface area contributed by atoms with Gasteiger partial charge in [-0.15, -0.1) is 0 Å². The Morgan fingerprint density at radius 3 is 2.16 bits per heavy atom. The van der Waals surface area contributed by atoms with E-state index in [1.54, 1.807) is 0 Å². The summed E-state index contributed by atoms with van der Waals surface area (Å²) in [5.74, 6) is -1.99. The van der Waals surface area contributed by atoms with Crippen molar-refractivity contribution < 1.29 is 19.1 Å². The van der Waals surface area contributed by atoms with Gasteiger partial charge in [-0.05, 0) is 26.0 Å². The van der Waals surface area contributed by atoms with E-state index < -0.39 is 23.4 Å². The van der Waals surface area contributed by atoms with Crippen molar-refractivity contribution in [3.8, 4) is 0 Å². The molecule has 8 heteroatoms. The van der Waals surface area contributed by atoms with Crippen LogP contribution in [0.5, 0.6) is 0 Å². The molecular formula is C11H11Cl2FN2O3. The molecule has 3 N–H and O–H groups in total.